The molecule has 5 rings (SSSR count). The lowest BCUT2D eigenvalue weighted by atomic mass is 10.0. The fourth-order valence-corrected chi connectivity index (χ4v) is 5.04. The first-order valence-corrected chi connectivity index (χ1v) is 12.8. The maximum Gasteiger partial charge on any atom is 0.317 e. The van der Waals surface area contributed by atoms with Gasteiger partial charge in [0.15, 0.2) is 5.65 Å². The standard InChI is InChI=1S/C27H34N8O2.ClH/c1-28-27(37)34-17-10-19(11-18-34)23-5-4-14-35-24(23)30-26(31-35)29-21-8-6-20(7-9-21)25(36)33(3)22-12-15-32(2)16-13-22;/h4-10,14,22H,11-13,15-18H2,1-3H3,(H,28,37)(H,29,31);1H. The topological polar surface area (TPSA) is 98.1 Å². The van der Waals surface area contributed by atoms with E-state index in [0.717, 1.165) is 54.8 Å². The van der Waals surface area contributed by atoms with Gasteiger partial charge in [0.05, 0.1) is 0 Å². The summed E-state index contributed by atoms with van der Waals surface area (Å²) in [6.45, 7) is 3.26. The number of nitrogens with zero attached hydrogens (tertiary/aromatic N) is 6. The number of hydrogen-bond donors (Lipinski definition) is 2. The average molecular weight is 539 g/mol. The molecule has 2 aliphatic rings. The Morgan fingerprint density at radius 2 is 1.82 bits per heavy atom. The van der Waals surface area contributed by atoms with Crippen LogP contribution in [0.25, 0.3) is 11.2 Å². The number of fused-ring (bicyclic) bond motifs is 1. The van der Waals surface area contributed by atoms with Gasteiger partial charge in [-0.05, 0) is 81.4 Å². The van der Waals surface area contributed by atoms with Crippen LogP contribution in [0.2, 0.25) is 0 Å². The number of amides is 3. The molecule has 10 nitrogen and oxygen atoms in total. The van der Waals surface area contributed by atoms with Gasteiger partial charge in [0, 0.05) is 56.2 Å². The SMILES string of the molecule is CNC(=O)N1CC=C(c2cccn3nc(Nc4ccc(C(=O)N(C)C5CCN(C)CC5)cc4)nc23)CC1.Cl. The molecule has 1 saturated heterocycles. The molecule has 1 fully saturated rings. The van der Waals surface area contributed by atoms with Crippen molar-refractivity contribution in [2.75, 3.05) is 52.6 Å². The van der Waals surface area contributed by atoms with Crippen LogP contribution in [0.5, 0.6) is 0 Å². The van der Waals surface area contributed by atoms with E-state index >= 15 is 0 Å². The van der Waals surface area contributed by atoms with Crippen molar-refractivity contribution >= 4 is 47.2 Å². The molecule has 2 N–H and O–H groups in total. The molecule has 0 spiro atoms. The first-order chi connectivity index (χ1) is 17.9. The van der Waals surface area contributed by atoms with Crippen molar-refractivity contribution in [1.29, 1.82) is 0 Å². The number of rotatable bonds is 5. The van der Waals surface area contributed by atoms with E-state index < -0.39 is 0 Å². The van der Waals surface area contributed by atoms with Crippen LogP contribution in [0.4, 0.5) is 16.4 Å². The van der Waals surface area contributed by atoms with Crippen LogP contribution < -0.4 is 10.6 Å². The second kappa shape index (κ2) is 11.8. The van der Waals surface area contributed by atoms with Crippen LogP contribution in [0.15, 0.2) is 48.7 Å². The van der Waals surface area contributed by atoms with Crippen molar-refractivity contribution in [1.82, 2.24) is 34.6 Å². The number of anilines is 2. The number of nitrogens with one attached hydrogen (secondary N) is 2. The summed E-state index contributed by atoms with van der Waals surface area (Å²) in [5.74, 6) is 0.533. The maximum absolute atomic E-state index is 13.0. The van der Waals surface area contributed by atoms with Crippen LogP contribution in [-0.2, 0) is 0 Å². The Morgan fingerprint density at radius 3 is 2.47 bits per heavy atom. The zero-order valence-electron chi connectivity index (χ0n) is 22.1. The Labute approximate surface area is 229 Å². The highest BCUT2D eigenvalue weighted by atomic mass is 35.5. The predicted octanol–water partition coefficient (Wildman–Crippen LogP) is 3.49. The molecule has 0 aliphatic carbocycles. The first-order valence-electron chi connectivity index (χ1n) is 12.8. The number of halogens is 1. The van der Waals surface area contributed by atoms with Crippen LogP contribution in [0.3, 0.4) is 0 Å². The first kappa shape index (κ1) is 27.4. The molecule has 2 aromatic heterocycles. The lowest BCUT2D eigenvalue weighted by molar-refractivity contribution is 0.0659. The number of hydrogen-bond acceptors (Lipinski definition) is 6. The summed E-state index contributed by atoms with van der Waals surface area (Å²) in [5, 5.41) is 10.5. The van der Waals surface area contributed by atoms with E-state index in [2.05, 4.69) is 33.8 Å². The molecule has 0 atom stereocenters. The summed E-state index contributed by atoms with van der Waals surface area (Å²) in [7, 11) is 5.67. The van der Waals surface area contributed by atoms with E-state index in [-0.39, 0.29) is 30.4 Å². The van der Waals surface area contributed by atoms with Gasteiger partial charge in [0.1, 0.15) is 0 Å². The summed E-state index contributed by atoms with van der Waals surface area (Å²) in [5.41, 5.74) is 4.41. The Bertz CT molecular complexity index is 1310. The molecule has 11 heteroatoms. The minimum Gasteiger partial charge on any atom is -0.341 e. The highest BCUT2D eigenvalue weighted by Crippen LogP contribution is 2.27. The quantitative estimate of drug-likeness (QED) is 0.516. The van der Waals surface area contributed by atoms with Crippen molar-refractivity contribution in [3.63, 3.8) is 0 Å². The van der Waals surface area contributed by atoms with Crippen molar-refractivity contribution < 1.29 is 9.59 Å². The van der Waals surface area contributed by atoms with Crippen LogP contribution in [0, 0.1) is 0 Å². The van der Waals surface area contributed by atoms with E-state index in [0.29, 0.717) is 24.6 Å². The van der Waals surface area contributed by atoms with Gasteiger partial charge >= 0.3 is 6.03 Å². The summed E-state index contributed by atoms with van der Waals surface area (Å²) in [4.78, 5) is 35.6. The second-order valence-corrected chi connectivity index (χ2v) is 9.76. The smallest absolute Gasteiger partial charge is 0.317 e. The predicted molar refractivity (Wildman–Crippen MR) is 151 cm³/mol. The Morgan fingerprint density at radius 1 is 1.08 bits per heavy atom. The number of likely N-dealkylation sites (tertiary alicyclic amines) is 1. The van der Waals surface area contributed by atoms with Gasteiger partial charge in [-0.1, -0.05) is 6.08 Å². The molecule has 1 aromatic carbocycles. The lowest BCUT2D eigenvalue weighted by Crippen LogP contribution is -2.44. The van der Waals surface area contributed by atoms with E-state index in [4.69, 9.17) is 4.98 Å². The maximum atomic E-state index is 13.0. The molecule has 2 aliphatic heterocycles. The average Bonchev–Trinajstić information content (AvgIpc) is 3.35. The molecule has 38 heavy (non-hydrogen) atoms. The van der Waals surface area contributed by atoms with Gasteiger partial charge in [-0.15, -0.1) is 17.5 Å². The van der Waals surface area contributed by atoms with E-state index in [9.17, 15) is 9.59 Å². The number of piperidine rings is 1. The molecular weight excluding hydrogens is 504 g/mol. The molecule has 3 amide bonds. The number of aromatic nitrogens is 3. The zero-order valence-corrected chi connectivity index (χ0v) is 22.9. The number of benzene rings is 1. The third-order valence-electron chi connectivity index (χ3n) is 7.36. The van der Waals surface area contributed by atoms with Crippen LogP contribution in [0.1, 0.15) is 35.2 Å². The summed E-state index contributed by atoms with van der Waals surface area (Å²) in [6.07, 6.45) is 6.71. The van der Waals surface area contributed by atoms with Gasteiger partial charge in [-0.2, -0.15) is 4.98 Å². The fraction of sp³-hybridized carbons (Fsp3) is 0.407. The van der Waals surface area contributed by atoms with Gasteiger partial charge < -0.3 is 25.3 Å². The second-order valence-electron chi connectivity index (χ2n) is 9.76. The largest absolute Gasteiger partial charge is 0.341 e. The molecule has 3 aromatic rings. The third-order valence-corrected chi connectivity index (χ3v) is 7.36. The Kier molecular flexibility index (Phi) is 8.53. The zero-order chi connectivity index (χ0) is 25.9. The van der Waals surface area contributed by atoms with Crippen LogP contribution >= 0.6 is 12.4 Å². The van der Waals surface area contributed by atoms with E-state index in [1.165, 1.54) is 0 Å². The summed E-state index contributed by atoms with van der Waals surface area (Å²) >= 11 is 0. The van der Waals surface area contributed by atoms with E-state index in [1.807, 2.05) is 54.5 Å². The minimum atomic E-state index is -0.0661. The molecule has 0 unspecified atom stereocenters. The van der Waals surface area contributed by atoms with Gasteiger partial charge in [-0.25, -0.2) is 9.31 Å². The molecule has 0 radical (unpaired) electrons. The molecule has 202 valence electrons. The molecular formula is C27H35ClN8O2. The highest BCUT2D eigenvalue weighted by Gasteiger charge is 2.25. The minimum absolute atomic E-state index is 0. The summed E-state index contributed by atoms with van der Waals surface area (Å²) < 4.78 is 1.76. The lowest BCUT2D eigenvalue weighted by Gasteiger charge is -2.35. The fourth-order valence-electron chi connectivity index (χ4n) is 5.04. The van der Waals surface area contributed by atoms with Crippen molar-refractivity contribution in [3.8, 4) is 0 Å². The van der Waals surface area contributed by atoms with Crippen molar-refractivity contribution in [2.24, 2.45) is 0 Å². The number of carbonyl (C=O) groups is 2. The van der Waals surface area contributed by atoms with E-state index in [1.54, 1.807) is 16.5 Å². The van der Waals surface area contributed by atoms with Crippen molar-refractivity contribution in [2.45, 2.75) is 25.3 Å². The normalized spacial score (nSPS) is 16.5. The third kappa shape index (κ3) is 5.76. The number of pyridine rings is 1. The molecule has 0 saturated carbocycles. The summed E-state index contributed by atoms with van der Waals surface area (Å²) in [6, 6.07) is 11.7. The van der Waals surface area contributed by atoms with Gasteiger partial charge in [0.2, 0.25) is 5.95 Å². The van der Waals surface area contributed by atoms with Crippen LogP contribution in [-0.4, -0.2) is 94.6 Å². The molecule has 4 heterocycles. The number of carbonyl (C=O) groups excluding carboxylic acids is 2. The monoisotopic (exact) mass is 538 g/mol. The van der Waals surface area contributed by atoms with Crippen molar-refractivity contribution in [3.05, 3.63) is 59.8 Å². The van der Waals surface area contributed by atoms with Gasteiger partial charge in [0.25, 0.3) is 5.91 Å². The van der Waals surface area contributed by atoms with Gasteiger partial charge in [-0.3, -0.25) is 4.79 Å². The molecule has 0 bridgehead atoms. The Balaban J connectivity index is 0.00000336. The Hall–Kier alpha value is -3.63. The number of urea groups is 1. The highest BCUT2D eigenvalue weighted by molar-refractivity contribution is 5.94.